The predicted octanol–water partition coefficient (Wildman–Crippen LogP) is 9.31. The fourth-order valence-electron chi connectivity index (χ4n) is 5.86. The highest BCUT2D eigenvalue weighted by atomic mass is 15.0. The van der Waals surface area contributed by atoms with Crippen molar-refractivity contribution in [3.05, 3.63) is 162 Å². The van der Waals surface area contributed by atoms with Gasteiger partial charge in [-0.25, -0.2) is 0 Å². The third-order valence-electron chi connectivity index (χ3n) is 7.73. The summed E-state index contributed by atoms with van der Waals surface area (Å²) in [6.07, 6.45) is 3.01. The second-order valence-electron chi connectivity index (χ2n) is 10.2. The van der Waals surface area contributed by atoms with E-state index in [-0.39, 0.29) is 0 Å². The number of aryl methyl sites for hydroxylation is 2. The van der Waals surface area contributed by atoms with Crippen molar-refractivity contribution < 1.29 is 0 Å². The van der Waals surface area contributed by atoms with E-state index in [0.717, 1.165) is 19.3 Å². The van der Waals surface area contributed by atoms with Crippen molar-refractivity contribution in [2.45, 2.75) is 19.3 Å². The van der Waals surface area contributed by atoms with E-state index in [1.54, 1.807) is 0 Å². The summed E-state index contributed by atoms with van der Waals surface area (Å²) in [7, 11) is 0. The molecule has 7 aromatic rings. The zero-order valence-corrected chi connectivity index (χ0v) is 21.3. The molecule has 0 atom stereocenters. The first-order valence-electron chi connectivity index (χ1n) is 13.5. The molecule has 0 amide bonds. The molecule has 7 rings (SSSR count). The predicted molar refractivity (Wildman–Crippen MR) is 161 cm³/mol. The van der Waals surface area contributed by atoms with E-state index in [1.807, 2.05) is 0 Å². The van der Waals surface area contributed by atoms with Crippen LogP contribution in [0.25, 0.3) is 38.3 Å². The molecule has 0 aliphatic heterocycles. The molecule has 0 unspecified atom stereocenters. The lowest BCUT2D eigenvalue weighted by molar-refractivity contribution is 0.962. The van der Waals surface area contributed by atoms with Gasteiger partial charge in [-0.05, 0) is 82.6 Å². The molecule has 182 valence electrons. The number of benzene rings is 6. The minimum atomic E-state index is 0.913. The Morgan fingerprint density at radius 2 is 1.11 bits per heavy atom. The lowest BCUT2D eigenvalue weighted by Gasteiger charge is -2.12. The molecule has 1 nitrogen and oxygen atoms in total. The average molecular weight is 488 g/mol. The van der Waals surface area contributed by atoms with Gasteiger partial charge in [0.25, 0.3) is 0 Å². The van der Waals surface area contributed by atoms with Gasteiger partial charge < -0.3 is 4.57 Å². The molecule has 0 aliphatic rings. The third kappa shape index (κ3) is 4.17. The highest BCUT2D eigenvalue weighted by molar-refractivity contribution is 6.09. The zero-order chi connectivity index (χ0) is 25.3. The summed E-state index contributed by atoms with van der Waals surface area (Å²) >= 11 is 0. The van der Waals surface area contributed by atoms with Gasteiger partial charge in [0.2, 0.25) is 0 Å². The van der Waals surface area contributed by atoms with E-state index in [9.17, 15) is 0 Å². The molecule has 6 aromatic carbocycles. The van der Waals surface area contributed by atoms with E-state index < -0.39 is 0 Å². The van der Waals surface area contributed by atoms with Gasteiger partial charge in [0.1, 0.15) is 0 Å². The van der Waals surface area contributed by atoms with E-state index in [1.165, 1.54) is 60.5 Å². The van der Waals surface area contributed by atoms with E-state index in [2.05, 4.69) is 144 Å². The fraction of sp³-hybridized carbons (Fsp3) is 0.0811. The number of nitrogens with zero attached hydrogens (tertiary/aromatic N) is 1. The zero-order valence-electron chi connectivity index (χ0n) is 21.3. The lowest BCUT2D eigenvalue weighted by Crippen LogP contribution is -1.97. The average Bonchev–Trinajstić information content (AvgIpc) is 3.31. The Morgan fingerprint density at radius 1 is 0.421 bits per heavy atom. The summed E-state index contributed by atoms with van der Waals surface area (Å²) in [5.41, 5.74) is 9.19. The van der Waals surface area contributed by atoms with Crippen LogP contribution in [0.4, 0.5) is 0 Å². The summed E-state index contributed by atoms with van der Waals surface area (Å²) in [5.74, 6) is 0. The van der Waals surface area contributed by atoms with Gasteiger partial charge in [0.05, 0.1) is 11.0 Å². The van der Waals surface area contributed by atoms with Crippen LogP contribution >= 0.6 is 0 Å². The Morgan fingerprint density at radius 3 is 2.03 bits per heavy atom. The topological polar surface area (TPSA) is 4.93 Å². The van der Waals surface area contributed by atoms with Crippen LogP contribution < -0.4 is 0 Å². The van der Waals surface area contributed by atoms with Crippen LogP contribution in [0.5, 0.6) is 0 Å². The van der Waals surface area contributed by atoms with Crippen LogP contribution in [0.1, 0.15) is 22.3 Å². The first-order chi connectivity index (χ1) is 18.8. The van der Waals surface area contributed by atoms with Crippen molar-refractivity contribution in [3.8, 4) is 5.69 Å². The highest BCUT2D eigenvalue weighted by Gasteiger charge is 2.13. The maximum absolute atomic E-state index is 2.43. The third-order valence-corrected chi connectivity index (χ3v) is 7.73. The molecular weight excluding hydrogens is 458 g/mol. The van der Waals surface area contributed by atoms with Crippen LogP contribution in [0.3, 0.4) is 0 Å². The van der Waals surface area contributed by atoms with Crippen molar-refractivity contribution in [3.63, 3.8) is 0 Å². The molecule has 0 bridgehead atoms. The van der Waals surface area contributed by atoms with Crippen LogP contribution in [0.15, 0.2) is 140 Å². The van der Waals surface area contributed by atoms with Crippen LogP contribution in [-0.4, -0.2) is 4.57 Å². The quantitative estimate of drug-likeness (QED) is 0.220. The second-order valence-corrected chi connectivity index (χ2v) is 10.2. The Kier molecular flexibility index (Phi) is 5.75. The molecule has 1 heteroatoms. The Balaban J connectivity index is 1.28. The van der Waals surface area contributed by atoms with Crippen molar-refractivity contribution in [1.82, 2.24) is 4.57 Å². The molecule has 0 N–H and O–H groups in total. The van der Waals surface area contributed by atoms with Gasteiger partial charge in [-0.2, -0.15) is 0 Å². The maximum Gasteiger partial charge on any atom is 0.0541 e. The van der Waals surface area contributed by atoms with Crippen LogP contribution in [0, 0.1) is 0 Å². The minimum absolute atomic E-state index is 0.913. The van der Waals surface area contributed by atoms with Crippen LogP contribution in [0.2, 0.25) is 0 Å². The Labute approximate surface area is 223 Å². The number of aromatic nitrogens is 1. The van der Waals surface area contributed by atoms with E-state index in [4.69, 9.17) is 0 Å². The molecule has 0 spiro atoms. The first-order valence-corrected chi connectivity index (χ1v) is 13.5. The number of hydrogen-bond donors (Lipinski definition) is 0. The molecule has 1 heterocycles. The molecule has 0 aliphatic carbocycles. The molecule has 0 saturated heterocycles. The highest BCUT2D eigenvalue weighted by Crippen LogP contribution is 2.33. The Hall–Kier alpha value is -4.62. The number of rotatable bonds is 6. The molecule has 0 saturated carbocycles. The summed E-state index contributed by atoms with van der Waals surface area (Å²) in [6, 6.07) is 50.9. The summed E-state index contributed by atoms with van der Waals surface area (Å²) in [6.45, 7) is 0. The van der Waals surface area contributed by atoms with Crippen molar-refractivity contribution in [2.24, 2.45) is 0 Å². The van der Waals surface area contributed by atoms with E-state index >= 15 is 0 Å². The fourth-order valence-corrected chi connectivity index (χ4v) is 5.86. The summed E-state index contributed by atoms with van der Waals surface area (Å²) in [4.78, 5) is 0. The smallest absolute Gasteiger partial charge is 0.0541 e. The monoisotopic (exact) mass is 487 g/mol. The maximum atomic E-state index is 2.43. The molecule has 38 heavy (non-hydrogen) atoms. The van der Waals surface area contributed by atoms with Gasteiger partial charge in [0, 0.05) is 16.5 Å². The van der Waals surface area contributed by atoms with Crippen molar-refractivity contribution in [2.75, 3.05) is 0 Å². The SMILES string of the molecule is c1ccc(CCc2ccc3c(c2)c2ccccc2n3-c2cccc(Cc3cccc4ccccc34)c2)cc1. The number of fused-ring (bicyclic) bond motifs is 4. The lowest BCUT2D eigenvalue weighted by atomic mass is 9.98. The van der Waals surface area contributed by atoms with Gasteiger partial charge in [-0.1, -0.05) is 109 Å². The number of para-hydroxylation sites is 1. The van der Waals surface area contributed by atoms with Gasteiger partial charge >= 0.3 is 0 Å². The largest absolute Gasteiger partial charge is 0.309 e. The Bertz CT molecular complexity index is 1890. The van der Waals surface area contributed by atoms with Crippen LogP contribution in [-0.2, 0) is 19.3 Å². The van der Waals surface area contributed by atoms with Crippen molar-refractivity contribution >= 4 is 32.6 Å². The van der Waals surface area contributed by atoms with Gasteiger partial charge in [0.15, 0.2) is 0 Å². The minimum Gasteiger partial charge on any atom is -0.309 e. The normalized spacial score (nSPS) is 11.5. The van der Waals surface area contributed by atoms with Gasteiger partial charge in [-0.3, -0.25) is 0 Å². The second kappa shape index (κ2) is 9.68. The van der Waals surface area contributed by atoms with Gasteiger partial charge in [-0.15, -0.1) is 0 Å². The molecular formula is C37H29N. The molecule has 0 radical (unpaired) electrons. The first kappa shape index (κ1) is 22.6. The molecule has 1 aromatic heterocycles. The summed E-state index contributed by atoms with van der Waals surface area (Å²) in [5, 5.41) is 5.26. The summed E-state index contributed by atoms with van der Waals surface area (Å²) < 4.78 is 2.43. The van der Waals surface area contributed by atoms with E-state index in [0.29, 0.717) is 0 Å². The number of hydrogen-bond acceptors (Lipinski definition) is 0. The standard InChI is InChI=1S/C37H29N/c1-2-10-27(11-3-1)20-21-28-22-23-37-35(26-28)34-18-6-7-19-36(34)38(37)32-16-8-12-29(25-32)24-31-15-9-14-30-13-4-5-17-33(30)31/h1-19,22-23,25-26H,20-21,24H2. The van der Waals surface area contributed by atoms with Crippen molar-refractivity contribution in [1.29, 1.82) is 0 Å². The molecule has 0 fully saturated rings.